The minimum Gasteiger partial charge on any atom is -0.390 e. The second-order valence-electron chi connectivity index (χ2n) is 9.03. The number of aromatic nitrogens is 2. The Morgan fingerprint density at radius 2 is 1.89 bits per heavy atom. The number of nitrogens with zero attached hydrogens (tertiary/aromatic N) is 2. The van der Waals surface area contributed by atoms with Crippen molar-refractivity contribution in [2.75, 3.05) is 19.7 Å². The molecule has 5 rings (SSSR count). The standard InChI is InChI=1S/C28H26ClF2N3O/c29-25-10-9-19(14-24(25)27-32-15-26(33-27)20-5-2-1-3-6-20)13-21-7-4-8-22-16-34(12-11-23(21)22)17-28(30,31)18-35/h1-10,14-15,35H,11-13,16-18H2,(H,32,33). The highest BCUT2D eigenvalue weighted by atomic mass is 35.5. The molecule has 0 saturated heterocycles. The van der Waals surface area contributed by atoms with Crippen LogP contribution in [0, 0.1) is 0 Å². The van der Waals surface area contributed by atoms with E-state index < -0.39 is 19.1 Å². The van der Waals surface area contributed by atoms with Gasteiger partial charge in [0.05, 0.1) is 23.5 Å². The number of alkyl halides is 2. The molecular weight excluding hydrogens is 468 g/mol. The molecule has 4 aromatic rings. The normalized spacial score (nSPS) is 14.2. The van der Waals surface area contributed by atoms with E-state index in [2.05, 4.69) is 22.1 Å². The first-order valence-electron chi connectivity index (χ1n) is 11.6. The fourth-order valence-electron chi connectivity index (χ4n) is 4.73. The van der Waals surface area contributed by atoms with Crippen LogP contribution in [0.4, 0.5) is 8.78 Å². The third-order valence-corrected chi connectivity index (χ3v) is 6.80. The first kappa shape index (κ1) is 23.7. The number of fused-ring (bicyclic) bond motifs is 1. The first-order chi connectivity index (χ1) is 16.9. The van der Waals surface area contributed by atoms with Crippen LogP contribution in [0.2, 0.25) is 5.02 Å². The zero-order chi connectivity index (χ0) is 24.4. The van der Waals surface area contributed by atoms with E-state index in [1.165, 1.54) is 11.1 Å². The summed E-state index contributed by atoms with van der Waals surface area (Å²) in [5, 5.41) is 9.54. The van der Waals surface area contributed by atoms with Crippen molar-refractivity contribution in [3.63, 3.8) is 0 Å². The maximum atomic E-state index is 13.7. The Morgan fingerprint density at radius 1 is 1.06 bits per heavy atom. The number of benzene rings is 3. The van der Waals surface area contributed by atoms with Crippen LogP contribution in [0.5, 0.6) is 0 Å². The van der Waals surface area contributed by atoms with Gasteiger partial charge >= 0.3 is 0 Å². The number of hydrogen-bond acceptors (Lipinski definition) is 3. The van der Waals surface area contributed by atoms with Crippen LogP contribution in [0.3, 0.4) is 0 Å². The van der Waals surface area contributed by atoms with Crippen molar-refractivity contribution in [2.24, 2.45) is 0 Å². The Hall–Kier alpha value is -3.06. The number of aromatic amines is 1. The molecule has 0 aliphatic carbocycles. The van der Waals surface area contributed by atoms with Crippen molar-refractivity contribution >= 4 is 11.6 Å². The Labute approximate surface area is 208 Å². The van der Waals surface area contributed by atoms with Gasteiger partial charge in [0.25, 0.3) is 5.92 Å². The lowest BCUT2D eigenvalue weighted by Crippen LogP contribution is -2.42. The summed E-state index contributed by atoms with van der Waals surface area (Å²) in [6, 6.07) is 22.1. The molecule has 35 heavy (non-hydrogen) atoms. The van der Waals surface area contributed by atoms with E-state index in [0.717, 1.165) is 27.9 Å². The molecule has 0 fully saturated rings. The summed E-state index contributed by atoms with van der Waals surface area (Å²) >= 11 is 6.54. The lowest BCUT2D eigenvalue weighted by Gasteiger charge is -2.32. The molecule has 2 heterocycles. The SMILES string of the molecule is OCC(F)(F)CN1CCc2c(Cc3ccc(Cl)c(-c4ncc(-c5ccccc5)[nH]4)c3)cccc2C1. The van der Waals surface area contributed by atoms with Gasteiger partial charge in [0.15, 0.2) is 0 Å². The molecule has 1 aliphatic rings. The van der Waals surface area contributed by atoms with Crippen LogP contribution in [-0.4, -0.2) is 45.6 Å². The van der Waals surface area contributed by atoms with Crippen molar-refractivity contribution in [1.29, 1.82) is 0 Å². The summed E-state index contributed by atoms with van der Waals surface area (Å²) in [4.78, 5) is 9.65. The number of rotatable bonds is 7. The van der Waals surface area contributed by atoms with Gasteiger partial charge < -0.3 is 10.1 Å². The molecular formula is C28H26ClF2N3O. The molecule has 0 radical (unpaired) electrons. The summed E-state index contributed by atoms with van der Waals surface area (Å²) in [6.07, 6.45) is 3.23. The third-order valence-electron chi connectivity index (χ3n) is 6.47. The molecule has 0 atom stereocenters. The topological polar surface area (TPSA) is 52.1 Å². The Morgan fingerprint density at radius 3 is 2.69 bits per heavy atom. The molecule has 1 aromatic heterocycles. The zero-order valence-corrected chi connectivity index (χ0v) is 19.9. The number of hydrogen-bond donors (Lipinski definition) is 2. The van der Waals surface area contributed by atoms with Gasteiger partial charge in [0.2, 0.25) is 0 Å². The second kappa shape index (κ2) is 9.90. The number of nitrogens with one attached hydrogen (secondary N) is 1. The van der Waals surface area contributed by atoms with Crippen molar-refractivity contribution in [3.8, 4) is 22.6 Å². The van der Waals surface area contributed by atoms with E-state index in [1.54, 1.807) is 4.90 Å². The molecule has 180 valence electrons. The predicted octanol–water partition coefficient (Wildman–Crippen LogP) is 5.97. The molecule has 0 bridgehead atoms. The van der Waals surface area contributed by atoms with Gasteiger partial charge in [-0.1, -0.05) is 66.2 Å². The van der Waals surface area contributed by atoms with E-state index >= 15 is 0 Å². The maximum Gasteiger partial charge on any atom is 0.283 e. The Balaban J connectivity index is 1.37. The molecule has 4 nitrogen and oxygen atoms in total. The van der Waals surface area contributed by atoms with Crippen molar-refractivity contribution in [1.82, 2.24) is 14.9 Å². The molecule has 0 saturated carbocycles. The summed E-state index contributed by atoms with van der Waals surface area (Å²) < 4.78 is 27.4. The van der Waals surface area contributed by atoms with Gasteiger partial charge in [-0.3, -0.25) is 4.90 Å². The minimum atomic E-state index is -3.08. The molecule has 7 heteroatoms. The quantitative estimate of drug-likeness (QED) is 0.333. The average Bonchev–Trinajstić information content (AvgIpc) is 3.36. The van der Waals surface area contributed by atoms with E-state index in [-0.39, 0.29) is 0 Å². The average molecular weight is 494 g/mol. The number of aliphatic hydroxyl groups excluding tert-OH is 1. The summed E-state index contributed by atoms with van der Waals surface area (Å²) in [5.74, 6) is -2.37. The number of aliphatic hydroxyl groups is 1. The number of halogens is 3. The van der Waals surface area contributed by atoms with Gasteiger partial charge in [-0.05, 0) is 52.8 Å². The fourth-order valence-corrected chi connectivity index (χ4v) is 4.94. The van der Waals surface area contributed by atoms with Gasteiger partial charge in [-0.2, -0.15) is 0 Å². The summed E-state index contributed by atoms with van der Waals surface area (Å²) in [7, 11) is 0. The van der Waals surface area contributed by atoms with Gasteiger partial charge in [0, 0.05) is 18.7 Å². The summed E-state index contributed by atoms with van der Waals surface area (Å²) in [5.41, 5.74) is 7.40. The van der Waals surface area contributed by atoms with Crippen LogP contribution >= 0.6 is 11.6 Å². The monoisotopic (exact) mass is 493 g/mol. The van der Waals surface area contributed by atoms with Crippen LogP contribution in [0.15, 0.2) is 72.9 Å². The molecule has 0 spiro atoms. The highest BCUT2D eigenvalue weighted by molar-refractivity contribution is 6.33. The highest BCUT2D eigenvalue weighted by Crippen LogP contribution is 2.31. The predicted molar refractivity (Wildman–Crippen MR) is 135 cm³/mol. The Kier molecular flexibility index (Phi) is 6.69. The lowest BCUT2D eigenvalue weighted by atomic mass is 9.90. The van der Waals surface area contributed by atoms with Gasteiger partial charge in [-0.15, -0.1) is 0 Å². The molecule has 0 amide bonds. The highest BCUT2D eigenvalue weighted by Gasteiger charge is 2.32. The summed E-state index contributed by atoms with van der Waals surface area (Å²) in [6.45, 7) is -0.556. The first-order valence-corrected chi connectivity index (χ1v) is 12.0. The van der Waals surface area contributed by atoms with Crippen molar-refractivity contribution < 1.29 is 13.9 Å². The van der Waals surface area contributed by atoms with Crippen LogP contribution in [0.1, 0.15) is 22.3 Å². The molecule has 2 N–H and O–H groups in total. The van der Waals surface area contributed by atoms with Crippen LogP contribution in [-0.2, 0) is 19.4 Å². The van der Waals surface area contributed by atoms with E-state index in [9.17, 15) is 8.78 Å². The minimum absolute atomic E-state index is 0.429. The zero-order valence-electron chi connectivity index (χ0n) is 19.1. The van der Waals surface area contributed by atoms with E-state index in [4.69, 9.17) is 16.7 Å². The maximum absolute atomic E-state index is 13.7. The van der Waals surface area contributed by atoms with Crippen molar-refractivity contribution in [3.05, 3.63) is 100 Å². The lowest BCUT2D eigenvalue weighted by molar-refractivity contribution is -0.0750. The molecule has 3 aromatic carbocycles. The van der Waals surface area contributed by atoms with E-state index in [1.807, 2.05) is 60.8 Å². The van der Waals surface area contributed by atoms with E-state index in [0.29, 0.717) is 36.8 Å². The van der Waals surface area contributed by atoms with Gasteiger partial charge in [-0.25, -0.2) is 13.8 Å². The largest absolute Gasteiger partial charge is 0.390 e. The van der Waals surface area contributed by atoms with Crippen LogP contribution in [0.25, 0.3) is 22.6 Å². The number of H-pyrrole nitrogens is 1. The Bertz CT molecular complexity index is 1320. The van der Waals surface area contributed by atoms with Crippen molar-refractivity contribution in [2.45, 2.75) is 25.3 Å². The third kappa shape index (κ3) is 5.30. The fraction of sp³-hybridized carbons (Fsp3) is 0.250. The smallest absolute Gasteiger partial charge is 0.283 e. The number of imidazole rings is 1. The molecule has 1 aliphatic heterocycles. The molecule has 0 unspecified atom stereocenters. The second-order valence-corrected chi connectivity index (χ2v) is 9.44. The van der Waals surface area contributed by atoms with Gasteiger partial charge in [0.1, 0.15) is 12.4 Å². The van der Waals surface area contributed by atoms with Crippen LogP contribution < -0.4 is 0 Å².